The highest BCUT2D eigenvalue weighted by molar-refractivity contribution is 7.71. The third kappa shape index (κ3) is 2.05. The van der Waals surface area contributed by atoms with Crippen molar-refractivity contribution in [3.8, 4) is 17.8 Å². The molecule has 1 N–H and O–H groups in total. The number of fused-ring (bicyclic) bond motifs is 1. The summed E-state index contributed by atoms with van der Waals surface area (Å²) >= 11 is 6.54. The molecule has 0 saturated heterocycles. The monoisotopic (exact) mass is 310 g/mol. The first-order valence-corrected chi connectivity index (χ1v) is 7.11. The zero-order valence-corrected chi connectivity index (χ0v) is 12.1. The Hall–Kier alpha value is -2.74. The lowest BCUT2D eigenvalue weighted by Gasteiger charge is -2.07. The second-order valence-corrected chi connectivity index (χ2v) is 5.49. The third-order valence-corrected chi connectivity index (χ3v) is 4.20. The number of aromatic amines is 1. The van der Waals surface area contributed by atoms with E-state index in [2.05, 4.69) is 4.98 Å². The van der Waals surface area contributed by atoms with Crippen LogP contribution in [0.15, 0.2) is 34.4 Å². The number of thiophene rings is 1. The van der Waals surface area contributed by atoms with Crippen molar-refractivity contribution in [3.05, 3.63) is 55.9 Å². The maximum atomic E-state index is 12.5. The van der Waals surface area contributed by atoms with E-state index in [0.29, 0.717) is 15.9 Å². The number of nitrogens with one attached hydrogen (secondary N) is 1. The van der Waals surface area contributed by atoms with Gasteiger partial charge in [0.1, 0.15) is 16.8 Å². The summed E-state index contributed by atoms with van der Waals surface area (Å²) in [6.45, 7) is 0. The van der Waals surface area contributed by atoms with E-state index in [1.165, 1.54) is 28.0 Å². The fourth-order valence-corrected chi connectivity index (χ4v) is 3.11. The average Bonchev–Trinajstić information content (AvgIpc) is 2.95. The van der Waals surface area contributed by atoms with Crippen LogP contribution in [0.3, 0.4) is 0 Å². The molecular formula is C14H6N4OS2. The van der Waals surface area contributed by atoms with Gasteiger partial charge in [0, 0.05) is 0 Å². The van der Waals surface area contributed by atoms with E-state index in [0.717, 1.165) is 0 Å². The topological polar surface area (TPSA) is 85.4 Å². The Bertz CT molecular complexity index is 1060. The van der Waals surface area contributed by atoms with Crippen LogP contribution >= 0.6 is 23.6 Å². The Morgan fingerprint density at radius 1 is 1.19 bits per heavy atom. The quantitative estimate of drug-likeness (QED) is 0.700. The Labute approximate surface area is 127 Å². The minimum Gasteiger partial charge on any atom is -0.331 e. The lowest BCUT2D eigenvalue weighted by atomic mass is 10.1. The summed E-state index contributed by atoms with van der Waals surface area (Å²) in [4.78, 5) is 15.5. The van der Waals surface area contributed by atoms with Gasteiger partial charge < -0.3 is 4.98 Å². The molecule has 0 aliphatic carbocycles. The number of benzene rings is 1. The molecule has 0 atom stereocenters. The fraction of sp³-hybridized carbons (Fsp3) is 0. The first kappa shape index (κ1) is 13.3. The number of rotatable bonds is 1. The number of H-pyrrole nitrogens is 1. The van der Waals surface area contributed by atoms with Crippen LogP contribution in [0.25, 0.3) is 15.9 Å². The van der Waals surface area contributed by atoms with E-state index in [1.54, 1.807) is 17.5 Å². The van der Waals surface area contributed by atoms with Crippen molar-refractivity contribution < 1.29 is 0 Å². The van der Waals surface area contributed by atoms with Crippen LogP contribution in [0.2, 0.25) is 0 Å². The Kier molecular flexibility index (Phi) is 3.15. The molecule has 1 aromatic carbocycles. The fourth-order valence-electron chi connectivity index (χ4n) is 2.03. The SMILES string of the molecule is N#Cc1ccc(-n2c(=S)[nH]c3ccsc3c2=O)cc1C#N. The van der Waals surface area contributed by atoms with Gasteiger partial charge in [0.25, 0.3) is 5.56 Å². The maximum Gasteiger partial charge on any atom is 0.276 e. The number of aromatic nitrogens is 2. The molecule has 0 radical (unpaired) electrons. The van der Waals surface area contributed by atoms with Crippen LogP contribution in [-0.4, -0.2) is 9.55 Å². The van der Waals surface area contributed by atoms with Gasteiger partial charge >= 0.3 is 0 Å². The minimum absolute atomic E-state index is 0.211. The first-order chi connectivity index (χ1) is 10.2. The molecule has 2 heterocycles. The number of hydrogen-bond donors (Lipinski definition) is 1. The molecule has 0 spiro atoms. The molecule has 0 bridgehead atoms. The molecule has 2 aromatic heterocycles. The van der Waals surface area contributed by atoms with Gasteiger partial charge in [0.15, 0.2) is 4.77 Å². The summed E-state index contributed by atoms with van der Waals surface area (Å²) in [5, 5.41) is 19.8. The molecule has 100 valence electrons. The van der Waals surface area contributed by atoms with Crippen LogP contribution in [0.4, 0.5) is 0 Å². The Balaban J connectivity index is 2.36. The van der Waals surface area contributed by atoms with E-state index in [1.807, 2.05) is 12.1 Å². The summed E-state index contributed by atoms with van der Waals surface area (Å²) in [5.41, 5.74) is 1.40. The van der Waals surface area contributed by atoms with Crippen molar-refractivity contribution >= 4 is 33.8 Å². The van der Waals surface area contributed by atoms with Gasteiger partial charge in [-0.05, 0) is 41.9 Å². The van der Waals surface area contributed by atoms with Gasteiger partial charge in [0.05, 0.1) is 22.3 Å². The Morgan fingerprint density at radius 3 is 2.67 bits per heavy atom. The van der Waals surface area contributed by atoms with Crippen molar-refractivity contribution in [3.63, 3.8) is 0 Å². The van der Waals surface area contributed by atoms with Gasteiger partial charge in [-0.2, -0.15) is 10.5 Å². The van der Waals surface area contributed by atoms with E-state index in [9.17, 15) is 4.79 Å². The van der Waals surface area contributed by atoms with E-state index in [-0.39, 0.29) is 21.5 Å². The highest BCUT2D eigenvalue weighted by Crippen LogP contribution is 2.17. The molecule has 0 amide bonds. The Morgan fingerprint density at radius 2 is 1.95 bits per heavy atom. The summed E-state index contributed by atoms with van der Waals surface area (Å²) < 4.78 is 2.14. The number of nitrogens with zero attached hydrogens (tertiary/aromatic N) is 3. The molecule has 0 fully saturated rings. The largest absolute Gasteiger partial charge is 0.331 e. The lowest BCUT2D eigenvalue weighted by Crippen LogP contribution is -2.19. The average molecular weight is 310 g/mol. The van der Waals surface area contributed by atoms with Gasteiger partial charge in [-0.3, -0.25) is 9.36 Å². The van der Waals surface area contributed by atoms with Gasteiger partial charge in [-0.15, -0.1) is 11.3 Å². The van der Waals surface area contributed by atoms with Crippen molar-refractivity contribution in [2.75, 3.05) is 0 Å². The van der Waals surface area contributed by atoms with Crippen molar-refractivity contribution in [1.82, 2.24) is 9.55 Å². The van der Waals surface area contributed by atoms with Crippen LogP contribution in [-0.2, 0) is 0 Å². The summed E-state index contributed by atoms with van der Waals surface area (Å²) in [6.07, 6.45) is 0. The lowest BCUT2D eigenvalue weighted by molar-refractivity contribution is 0.942. The second kappa shape index (κ2) is 4.98. The van der Waals surface area contributed by atoms with Crippen molar-refractivity contribution in [2.45, 2.75) is 0 Å². The molecular weight excluding hydrogens is 304 g/mol. The van der Waals surface area contributed by atoms with Gasteiger partial charge in [-0.1, -0.05) is 0 Å². The second-order valence-electron chi connectivity index (χ2n) is 4.19. The zero-order valence-electron chi connectivity index (χ0n) is 10.5. The number of nitriles is 2. The van der Waals surface area contributed by atoms with Gasteiger partial charge in [0.2, 0.25) is 0 Å². The third-order valence-electron chi connectivity index (χ3n) is 3.01. The van der Waals surface area contributed by atoms with Crippen LogP contribution in [0.1, 0.15) is 11.1 Å². The molecule has 3 rings (SSSR count). The maximum absolute atomic E-state index is 12.5. The minimum atomic E-state index is -0.239. The standard InChI is InChI=1S/C14H6N4OS2/c15-6-8-1-2-10(5-9(8)7-16)18-13(19)12-11(3-4-21-12)17-14(18)20/h1-5H,(H,17,20). The normalized spacial score (nSPS) is 10.2. The van der Waals surface area contributed by atoms with E-state index >= 15 is 0 Å². The molecule has 21 heavy (non-hydrogen) atoms. The molecule has 0 aliphatic heterocycles. The summed E-state index contributed by atoms with van der Waals surface area (Å²) in [5.74, 6) is 0. The van der Waals surface area contributed by atoms with Crippen LogP contribution in [0, 0.1) is 27.4 Å². The van der Waals surface area contributed by atoms with E-state index < -0.39 is 0 Å². The first-order valence-electron chi connectivity index (χ1n) is 5.83. The molecule has 7 heteroatoms. The molecule has 5 nitrogen and oxygen atoms in total. The molecule has 0 aliphatic rings. The summed E-state index contributed by atoms with van der Waals surface area (Å²) in [6, 6.07) is 10.3. The van der Waals surface area contributed by atoms with E-state index in [4.69, 9.17) is 22.7 Å². The van der Waals surface area contributed by atoms with Crippen LogP contribution in [0.5, 0.6) is 0 Å². The van der Waals surface area contributed by atoms with Crippen molar-refractivity contribution in [1.29, 1.82) is 10.5 Å². The summed E-state index contributed by atoms with van der Waals surface area (Å²) in [7, 11) is 0. The number of hydrogen-bond acceptors (Lipinski definition) is 5. The zero-order chi connectivity index (χ0) is 15.0. The highest BCUT2D eigenvalue weighted by Gasteiger charge is 2.10. The predicted molar refractivity (Wildman–Crippen MR) is 82.0 cm³/mol. The molecule has 0 unspecified atom stereocenters. The van der Waals surface area contributed by atoms with Gasteiger partial charge in [-0.25, -0.2) is 0 Å². The van der Waals surface area contributed by atoms with Crippen molar-refractivity contribution in [2.24, 2.45) is 0 Å². The van der Waals surface area contributed by atoms with Crippen LogP contribution < -0.4 is 5.56 Å². The smallest absolute Gasteiger partial charge is 0.276 e. The highest BCUT2D eigenvalue weighted by atomic mass is 32.1. The molecule has 3 aromatic rings. The predicted octanol–water partition coefficient (Wildman–Crippen LogP) is 2.85. The molecule has 0 saturated carbocycles.